The molecule has 0 saturated heterocycles. The molecule has 0 radical (unpaired) electrons. The van der Waals surface area contributed by atoms with E-state index in [-0.39, 0.29) is 18.5 Å². The van der Waals surface area contributed by atoms with Gasteiger partial charge in [-0.3, -0.25) is 9.59 Å². The van der Waals surface area contributed by atoms with Crippen molar-refractivity contribution in [2.24, 2.45) is 0 Å². The molecule has 0 aliphatic carbocycles. The molecule has 1 N–H and O–H groups in total. The number of carboxylic acids is 1. The highest BCUT2D eigenvalue weighted by atomic mass is 16.5. The third kappa shape index (κ3) is 26.5. The Morgan fingerprint density at radius 2 is 1.17 bits per heavy atom. The van der Waals surface area contributed by atoms with Gasteiger partial charge in [-0.05, 0) is 77.0 Å². The Bertz CT molecular complexity index is 630. The molecule has 0 heterocycles. The van der Waals surface area contributed by atoms with E-state index in [2.05, 4.69) is 62.5 Å². The number of carboxylic acid groups (broad SMARTS) is 1. The van der Waals surface area contributed by atoms with Crippen molar-refractivity contribution >= 4 is 11.9 Å². The number of allylic oxidation sites excluding steroid dienone is 8. The van der Waals surface area contributed by atoms with Crippen LogP contribution in [-0.4, -0.2) is 23.1 Å². The van der Waals surface area contributed by atoms with Crippen LogP contribution in [0.1, 0.15) is 136 Å². The number of ether oxygens (including phenoxy) is 1. The Balaban J connectivity index is 4.01. The van der Waals surface area contributed by atoms with Gasteiger partial charge in [-0.1, -0.05) is 94.6 Å². The lowest BCUT2D eigenvalue weighted by Crippen LogP contribution is -2.18. The van der Waals surface area contributed by atoms with E-state index in [9.17, 15) is 9.59 Å². The summed E-state index contributed by atoms with van der Waals surface area (Å²) in [5, 5.41) is 8.83. The second kappa shape index (κ2) is 27.5. The van der Waals surface area contributed by atoms with Crippen LogP contribution in [0, 0.1) is 0 Å². The fraction of sp³-hybridized carbons (Fsp3) is 0.688. The first-order chi connectivity index (χ1) is 17.6. The fourth-order valence-electron chi connectivity index (χ4n) is 3.94. The lowest BCUT2D eigenvalue weighted by Gasteiger charge is -2.18. The molecule has 0 aromatic rings. The van der Waals surface area contributed by atoms with Crippen LogP contribution >= 0.6 is 0 Å². The van der Waals surface area contributed by atoms with Gasteiger partial charge in [0.15, 0.2) is 0 Å². The summed E-state index contributed by atoms with van der Waals surface area (Å²) in [7, 11) is 0. The van der Waals surface area contributed by atoms with Gasteiger partial charge in [-0.15, -0.1) is 0 Å². The maximum absolute atomic E-state index is 12.3. The van der Waals surface area contributed by atoms with E-state index in [4.69, 9.17) is 9.84 Å². The summed E-state index contributed by atoms with van der Waals surface area (Å²) in [6.45, 7) is 4.37. The van der Waals surface area contributed by atoms with E-state index in [0.717, 1.165) is 70.6 Å². The normalized spacial score (nSPS) is 12.9. The average molecular weight is 503 g/mol. The Labute approximate surface area is 222 Å². The fourth-order valence-corrected chi connectivity index (χ4v) is 3.94. The molecule has 4 heteroatoms. The van der Waals surface area contributed by atoms with Crippen LogP contribution in [0.4, 0.5) is 0 Å². The van der Waals surface area contributed by atoms with Crippen molar-refractivity contribution in [3.05, 3.63) is 48.6 Å². The largest absolute Gasteiger partial charge is 0.481 e. The first-order valence-corrected chi connectivity index (χ1v) is 14.6. The molecular formula is C32H54O4. The standard InChI is InChI=1S/C32H54O4/c1-3-5-7-9-11-12-13-14-15-16-17-18-19-21-23-29-32(35)36-30(27-24-25-28-31(33)34)26-22-20-10-8-6-4-2/h5,7,11-12,14-15,17-18,30H,3-4,6,8-10,13,16,19-29H2,1-2H3,(H,33,34)/b7-5-,12-11-,15-14-,18-17-. The summed E-state index contributed by atoms with van der Waals surface area (Å²) in [5.41, 5.74) is 0. The molecule has 0 saturated carbocycles. The molecule has 206 valence electrons. The molecular weight excluding hydrogens is 448 g/mol. The lowest BCUT2D eigenvalue weighted by atomic mass is 10.0. The van der Waals surface area contributed by atoms with Gasteiger partial charge in [0.2, 0.25) is 0 Å². The zero-order valence-corrected chi connectivity index (χ0v) is 23.3. The van der Waals surface area contributed by atoms with Crippen LogP contribution in [0.25, 0.3) is 0 Å². The van der Waals surface area contributed by atoms with Gasteiger partial charge in [0.1, 0.15) is 6.10 Å². The second-order valence-electron chi connectivity index (χ2n) is 9.55. The minimum atomic E-state index is -0.757. The number of carbonyl (C=O) groups is 2. The number of carbonyl (C=O) groups excluding carboxylic acids is 1. The number of esters is 1. The van der Waals surface area contributed by atoms with Crippen molar-refractivity contribution in [3.8, 4) is 0 Å². The molecule has 4 nitrogen and oxygen atoms in total. The predicted molar refractivity (Wildman–Crippen MR) is 153 cm³/mol. The molecule has 0 aromatic carbocycles. The monoisotopic (exact) mass is 502 g/mol. The molecule has 0 rings (SSSR count). The highest BCUT2D eigenvalue weighted by Gasteiger charge is 2.14. The van der Waals surface area contributed by atoms with Gasteiger partial charge in [0.05, 0.1) is 0 Å². The Kier molecular flexibility index (Phi) is 25.9. The maximum atomic E-state index is 12.3. The number of hydrogen-bond acceptors (Lipinski definition) is 3. The van der Waals surface area contributed by atoms with Gasteiger partial charge in [-0.2, -0.15) is 0 Å². The zero-order chi connectivity index (χ0) is 26.5. The second-order valence-corrected chi connectivity index (χ2v) is 9.55. The van der Waals surface area contributed by atoms with Gasteiger partial charge < -0.3 is 9.84 Å². The Morgan fingerprint density at radius 1 is 0.639 bits per heavy atom. The Hall–Kier alpha value is -2.10. The molecule has 36 heavy (non-hydrogen) atoms. The first kappa shape index (κ1) is 33.9. The van der Waals surface area contributed by atoms with Crippen molar-refractivity contribution in [1.29, 1.82) is 0 Å². The van der Waals surface area contributed by atoms with E-state index in [1.54, 1.807) is 0 Å². The highest BCUT2D eigenvalue weighted by molar-refractivity contribution is 5.69. The minimum Gasteiger partial charge on any atom is -0.481 e. The van der Waals surface area contributed by atoms with Crippen LogP contribution in [0.5, 0.6) is 0 Å². The number of hydrogen-bond donors (Lipinski definition) is 1. The number of unbranched alkanes of at least 4 members (excludes halogenated alkanes) is 8. The van der Waals surface area contributed by atoms with Gasteiger partial charge >= 0.3 is 11.9 Å². The van der Waals surface area contributed by atoms with Crippen LogP contribution in [0.15, 0.2) is 48.6 Å². The number of aliphatic carboxylic acids is 1. The highest BCUT2D eigenvalue weighted by Crippen LogP contribution is 2.17. The zero-order valence-electron chi connectivity index (χ0n) is 23.3. The Morgan fingerprint density at radius 3 is 1.78 bits per heavy atom. The first-order valence-electron chi connectivity index (χ1n) is 14.6. The van der Waals surface area contributed by atoms with Crippen molar-refractivity contribution in [3.63, 3.8) is 0 Å². The topological polar surface area (TPSA) is 63.6 Å². The third-order valence-electron chi connectivity index (χ3n) is 6.07. The molecule has 0 bridgehead atoms. The molecule has 1 atom stereocenters. The maximum Gasteiger partial charge on any atom is 0.306 e. The quantitative estimate of drug-likeness (QED) is 0.0766. The van der Waals surface area contributed by atoms with E-state index >= 15 is 0 Å². The molecule has 0 amide bonds. The summed E-state index contributed by atoms with van der Waals surface area (Å²) in [4.78, 5) is 23.1. The number of rotatable bonds is 25. The van der Waals surface area contributed by atoms with Crippen LogP contribution in [0.3, 0.4) is 0 Å². The smallest absolute Gasteiger partial charge is 0.306 e. The van der Waals surface area contributed by atoms with Crippen molar-refractivity contribution in [1.82, 2.24) is 0 Å². The van der Waals surface area contributed by atoms with Crippen molar-refractivity contribution in [2.75, 3.05) is 0 Å². The molecule has 0 aliphatic rings. The van der Waals surface area contributed by atoms with Gasteiger partial charge in [0, 0.05) is 12.8 Å². The third-order valence-corrected chi connectivity index (χ3v) is 6.07. The van der Waals surface area contributed by atoms with Crippen molar-refractivity contribution < 1.29 is 19.4 Å². The lowest BCUT2D eigenvalue weighted by molar-refractivity contribution is -0.150. The van der Waals surface area contributed by atoms with Crippen LogP contribution in [-0.2, 0) is 14.3 Å². The van der Waals surface area contributed by atoms with E-state index in [0.29, 0.717) is 12.8 Å². The molecule has 0 fully saturated rings. The minimum absolute atomic E-state index is 0.0631. The van der Waals surface area contributed by atoms with Crippen LogP contribution in [0.2, 0.25) is 0 Å². The molecule has 0 spiro atoms. The predicted octanol–water partition coefficient (Wildman–Crippen LogP) is 9.66. The summed E-state index contributed by atoms with van der Waals surface area (Å²) < 4.78 is 5.78. The summed E-state index contributed by atoms with van der Waals surface area (Å²) >= 11 is 0. The van der Waals surface area contributed by atoms with Crippen LogP contribution < -0.4 is 0 Å². The summed E-state index contributed by atoms with van der Waals surface area (Å²) in [6.07, 6.45) is 35.5. The van der Waals surface area contributed by atoms with Gasteiger partial charge in [-0.25, -0.2) is 0 Å². The summed E-state index contributed by atoms with van der Waals surface area (Å²) in [6, 6.07) is 0. The summed E-state index contributed by atoms with van der Waals surface area (Å²) in [5.74, 6) is -0.859. The molecule has 1 unspecified atom stereocenters. The SMILES string of the molecule is CC/C=C\C/C=C\C/C=C\C/C=C\CCCCC(=O)OC(CCCCCCCC)CCCCC(=O)O. The molecule has 0 aliphatic heterocycles. The van der Waals surface area contributed by atoms with E-state index in [1.807, 2.05) is 0 Å². The van der Waals surface area contributed by atoms with Crippen molar-refractivity contribution in [2.45, 2.75) is 142 Å². The van der Waals surface area contributed by atoms with E-state index < -0.39 is 5.97 Å². The van der Waals surface area contributed by atoms with E-state index in [1.165, 1.54) is 32.1 Å². The van der Waals surface area contributed by atoms with Gasteiger partial charge in [0.25, 0.3) is 0 Å². The molecule has 0 aromatic heterocycles. The average Bonchev–Trinajstić information content (AvgIpc) is 2.86.